The van der Waals surface area contributed by atoms with Crippen molar-refractivity contribution in [1.82, 2.24) is 57.7 Å². The van der Waals surface area contributed by atoms with E-state index in [4.69, 9.17) is 22.9 Å². The monoisotopic (exact) mass is 1410 g/mol. The molecule has 2 aliphatic heterocycles. The Morgan fingerprint density at radius 3 is 2.02 bits per heavy atom. The number of aromatic nitrogens is 1. The van der Waals surface area contributed by atoms with Crippen molar-refractivity contribution in [2.45, 2.75) is 178 Å². The number of carbonyl (C=O) groups is 12. The molecule has 0 spiro atoms. The summed E-state index contributed by atoms with van der Waals surface area (Å²) in [5, 5.41) is 45.3. The molecule has 0 radical (unpaired) electrons. The number of hydrogen-bond donors (Lipinski definition) is 16. The second-order valence-corrected chi connectivity index (χ2v) is 27.8. The molecule has 20 N–H and O–H groups in total. The highest BCUT2D eigenvalue weighted by Gasteiger charge is 2.39. The van der Waals surface area contributed by atoms with Crippen molar-refractivity contribution in [2.75, 3.05) is 31.1 Å². The number of aromatic amines is 1. The lowest BCUT2D eigenvalue weighted by atomic mass is 9.99. The molecule has 6 rings (SSSR count). The first-order valence-corrected chi connectivity index (χ1v) is 35.6. The van der Waals surface area contributed by atoms with Crippen LogP contribution in [0.15, 0.2) is 84.0 Å². The normalized spacial score (nSPS) is 22.4. The number of aryl methyl sites for hydroxylation is 1. The van der Waals surface area contributed by atoms with Gasteiger partial charge in [0.25, 0.3) is 0 Å². The Bertz CT molecular complexity index is 3500. The number of benzene rings is 3. The number of carboxylic acids is 1. The van der Waals surface area contributed by atoms with E-state index in [1.54, 1.807) is 45.2 Å². The van der Waals surface area contributed by atoms with Crippen molar-refractivity contribution in [1.29, 1.82) is 0 Å². The number of likely N-dealkylation sites (tertiary alicyclic amines) is 1. The van der Waals surface area contributed by atoms with E-state index < -0.39 is 144 Å². The van der Waals surface area contributed by atoms with Crippen molar-refractivity contribution >= 4 is 109 Å². The molecule has 0 aliphatic carbocycles. The van der Waals surface area contributed by atoms with E-state index in [1.165, 1.54) is 29.2 Å². The summed E-state index contributed by atoms with van der Waals surface area (Å²) in [6, 6.07) is 7.31. The highest BCUT2D eigenvalue weighted by Crippen LogP contribution is 2.25. The fourth-order valence-electron chi connectivity index (χ4n) is 11.2. The highest BCUT2D eigenvalue weighted by atomic mass is 33.1. The van der Waals surface area contributed by atoms with Crippen LogP contribution in [0.4, 0.5) is 0 Å². The average molecular weight is 1410 g/mol. The first-order valence-electron chi connectivity index (χ1n) is 33.1. The van der Waals surface area contributed by atoms with Gasteiger partial charge in [-0.05, 0) is 99.6 Å². The highest BCUT2D eigenvalue weighted by molar-refractivity contribution is 8.76. The summed E-state index contributed by atoms with van der Waals surface area (Å²) in [6.45, 7) is 7.24. The molecule has 0 saturated carbocycles. The number of nitrogens with two attached hydrogens (primary N) is 4. The van der Waals surface area contributed by atoms with E-state index in [0.717, 1.165) is 38.1 Å². The lowest BCUT2D eigenvalue weighted by Gasteiger charge is -2.29. The second kappa shape index (κ2) is 39.2. The topological polar surface area (TPSA) is 489 Å². The molecule has 1 unspecified atom stereocenters. The minimum absolute atomic E-state index is 0.0419. The minimum Gasteiger partial charge on any atom is -0.508 e. The molecule has 1 aromatic heterocycles. The molecule has 3 aromatic carbocycles. The van der Waals surface area contributed by atoms with Crippen molar-refractivity contribution < 1.29 is 67.7 Å². The van der Waals surface area contributed by atoms with Crippen LogP contribution in [0, 0.1) is 12.8 Å². The van der Waals surface area contributed by atoms with Gasteiger partial charge >= 0.3 is 5.97 Å². The number of fused-ring (bicyclic) bond motifs is 1. The Balaban J connectivity index is 1.37. The van der Waals surface area contributed by atoms with E-state index in [0.29, 0.717) is 42.4 Å². The van der Waals surface area contributed by atoms with Crippen LogP contribution in [0.2, 0.25) is 0 Å². The third-order valence-corrected chi connectivity index (χ3v) is 19.1. The Morgan fingerprint density at radius 2 is 1.35 bits per heavy atom. The van der Waals surface area contributed by atoms with Gasteiger partial charge in [-0.2, -0.15) is 0 Å². The summed E-state index contributed by atoms with van der Waals surface area (Å²) in [4.78, 5) is 177. The van der Waals surface area contributed by atoms with Crippen LogP contribution >= 0.6 is 21.6 Å². The lowest BCUT2D eigenvalue weighted by molar-refractivity contribution is -0.140. The summed E-state index contributed by atoms with van der Waals surface area (Å²) < 4.78 is 0. The third-order valence-electron chi connectivity index (χ3n) is 16.7. The van der Waals surface area contributed by atoms with Crippen LogP contribution in [-0.2, 0) is 76.8 Å². The molecule has 0 bridgehead atoms. The molecule has 2 saturated heterocycles. The number of amides is 11. The number of para-hydroxylation sites is 1. The molecule has 3 heterocycles. The van der Waals surface area contributed by atoms with Crippen molar-refractivity contribution in [3.05, 3.63) is 101 Å². The van der Waals surface area contributed by atoms with Gasteiger partial charge in [-0.15, -0.1) is 0 Å². The Labute approximate surface area is 582 Å². The Morgan fingerprint density at radius 1 is 0.707 bits per heavy atom. The summed E-state index contributed by atoms with van der Waals surface area (Å²) in [6.07, 6.45) is 2.21. The van der Waals surface area contributed by atoms with E-state index in [-0.39, 0.29) is 100 Å². The summed E-state index contributed by atoms with van der Waals surface area (Å²) in [5.41, 5.74) is 26.4. The van der Waals surface area contributed by atoms with E-state index >= 15 is 4.79 Å². The number of phenolic OH excluding ortho intramolecular Hbond substituents is 1. The molecule has 11 amide bonds. The van der Waals surface area contributed by atoms with Gasteiger partial charge in [-0.25, -0.2) is 0 Å². The average Bonchev–Trinajstić information content (AvgIpc) is 1.79. The van der Waals surface area contributed by atoms with Gasteiger partial charge in [-0.1, -0.05) is 102 Å². The van der Waals surface area contributed by atoms with Gasteiger partial charge in [-0.3, -0.25) is 62.5 Å². The largest absolute Gasteiger partial charge is 0.508 e. The lowest BCUT2D eigenvalue weighted by Crippen LogP contribution is -2.61. The van der Waals surface area contributed by atoms with Gasteiger partial charge in [0.2, 0.25) is 65.0 Å². The number of nitrogens with one attached hydrogen (secondary N) is 10. The molecule has 538 valence electrons. The van der Waals surface area contributed by atoms with E-state index in [2.05, 4.69) is 57.8 Å². The zero-order valence-corrected chi connectivity index (χ0v) is 57.7. The third kappa shape index (κ3) is 25.7. The van der Waals surface area contributed by atoms with Crippen LogP contribution in [0.5, 0.6) is 5.75 Å². The zero-order chi connectivity index (χ0) is 72.3. The molecular weight excluding hydrogens is 1320 g/mol. The number of guanidine groups is 1. The number of carboxylic acid groups (broad SMARTS) is 1. The molecule has 99 heavy (non-hydrogen) atoms. The summed E-state index contributed by atoms with van der Waals surface area (Å²) in [7, 11) is 1.82. The predicted molar refractivity (Wildman–Crippen MR) is 374 cm³/mol. The number of aliphatic carboxylic acids is 1. The number of aromatic hydroxyl groups is 1. The maximum atomic E-state index is 15.0. The predicted octanol–water partition coefficient (Wildman–Crippen LogP) is -0.0522. The maximum Gasteiger partial charge on any atom is 0.303 e. The molecule has 2 aliphatic rings. The first-order chi connectivity index (χ1) is 47.1. The van der Waals surface area contributed by atoms with Gasteiger partial charge in [0, 0.05) is 92.8 Å². The molecule has 10 atom stereocenters. The zero-order valence-electron chi connectivity index (χ0n) is 56.1. The van der Waals surface area contributed by atoms with Gasteiger partial charge in [0.05, 0.1) is 0 Å². The fraction of sp³-hybridized carbons (Fsp3) is 0.507. The summed E-state index contributed by atoms with van der Waals surface area (Å²) in [5.74, 6) is -11.4. The van der Waals surface area contributed by atoms with E-state index in [1.807, 2.05) is 37.3 Å². The molecular formula is C67H94N16O14S2. The van der Waals surface area contributed by atoms with Crippen molar-refractivity contribution in [3.8, 4) is 5.75 Å². The first kappa shape index (κ1) is 78.6. The SMILES string of the molecule is Cc1ccc(C[C@@H]2NC(=O)[C@H](C(C)C)NC(=O)[C@@H](NC(=O)[C@H](Cc3ccc(O)cc3)NC(=O)[C@@H]3CCCN3C(=O)CC(C)N)CSSC[C@@H](C(N)=O)NC(=O)[C@H](CCC(=O)O)NC(=O)[C@H](Cc3c[nH]c4ccccc34)NC(=O)CCCCCNC(=O)[C@H](CCCN=C(N)N)NC2=O)cc1. The van der Waals surface area contributed by atoms with Gasteiger partial charge in [0.15, 0.2) is 5.96 Å². The van der Waals surface area contributed by atoms with Gasteiger partial charge < -0.3 is 90.9 Å². The van der Waals surface area contributed by atoms with Crippen molar-refractivity contribution in [2.24, 2.45) is 33.8 Å². The van der Waals surface area contributed by atoms with Crippen LogP contribution in [0.25, 0.3) is 10.9 Å². The quantitative estimate of drug-likeness (QED) is 0.0225. The number of carbonyl (C=O) groups excluding carboxylic acids is 11. The van der Waals surface area contributed by atoms with Crippen LogP contribution < -0.4 is 70.8 Å². The minimum atomic E-state index is -1.59. The van der Waals surface area contributed by atoms with Gasteiger partial charge in [0.1, 0.15) is 60.1 Å². The van der Waals surface area contributed by atoms with Crippen LogP contribution in [0.3, 0.4) is 0 Å². The number of aliphatic imine (C=N–C) groups is 1. The summed E-state index contributed by atoms with van der Waals surface area (Å²) >= 11 is 0. The number of hydrogen-bond acceptors (Lipinski definition) is 17. The molecule has 4 aromatic rings. The standard InChI is InChI=1S/C67H94N16O14S2/c1-37(2)57-66(97)79-49(31-40-19-17-38(3)18-20-40)61(92)76-46(14-10-28-73-67(70)71)59(90)72-27-9-5-6-16-54(85)75-50(33-42-34-74-45-13-8-7-12-44(42)45)63(94)77-47(25-26-56(87)88)60(91)80-51(58(69)89)35-98-99-36-52(64(95)82-57)81-62(93)48(32-41-21-23-43(84)24-22-41)78-65(96)53-15-11-29-83(53)55(86)30-39(4)68/h7-8,12-13,17-24,34,37,39,46-53,57,74,84H,5-6,9-11,14-16,25-33,35-36,68H2,1-4H3,(H2,69,89)(H,72,90)(H,75,85)(H,76,92)(H,77,94)(H,78,96)(H,79,97)(H,80,91)(H,81,93)(H,82,95)(H,87,88)(H4,70,71,73)/t39?,46-,47-,48-,49-,50-,51-,52-,53-,57-/m0/s1. The maximum absolute atomic E-state index is 15.0. The second-order valence-electron chi connectivity index (χ2n) is 25.2. The molecule has 2 fully saturated rings. The number of H-pyrrole nitrogens is 1. The smallest absolute Gasteiger partial charge is 0.303 e. The number of phenols is 1. The molecule has 30 nitrogen and oxygen atoms in total. The number of primary amides is 1. The van der Waals surface area contributed by atoms with Crippen LogP contribution in [-0.4, -0.2) is 189 Å². The Hall–Kier alpha value is -9.43. The van der Waals surface area contributed by atoms with Crippen LogP contribution in [0.1, 0.15) is 114 Å². The Kier molecular flexibility index (Phi) is 31.1. The fourth-order valence-corrected chi connectivity index (χ4v) is 13.6. The molecule has 32 heteroatoms. The van der Waals surface area contributed by atoms with E-state index in [9.17, 15) is 63.0 Å². The number of rotatable bonds is 21. The number of nitrogens with zero attached hydrogens (tertiary/aromatic N) is 2. The van der Waals surface area contributed by atoms with Crippen molar-refractivity contribution in [3.63, 3.8) is 0 Å².